The van der Waals surface area contributed by atoms with E-state index in [0.717, 1.165) is 72.9 Å². The third-order valence-electron chi connectivity index (χ3n) is 9.05. The van der Waals surface area contributed by atoms with Crippen LogP contribution in [0.15, 0.2) is 41.7 Å². The number of imidazole rings is 1. The molecule has 2 unspecified atom stereocenters. The van der Waals surface area contributed by atoms with Crippen LogP contribution in [0.5, 0.6) is 0 Å². The fourth-order valence-electron chi connectivity index (χ4n) is 6.81. The van der Waals surface area contributed by atoms with Crippen LogP contribution < -0.4 is 5.30 Å². The fraction of sp³-hybridized carbons (Fsp3) is 0.586. The maximum Gasteiger partial charge on any atom is 0.152 e. The van der Waals surface area contributed by atoms with E-state index in [4.69, 9.17) is 24.4 Å². The molecule has 196 valence electrons. The van der Waals surface area contributed by atoms with E-state index in [1.54, 1.807) is 0 Å². The Morgan fingerprint density at radius 2 is 1.78 bits per heavy atom. The minimum absolute atomic E-state index is 0.140. The van der Waals surface area contributed by atoms with E-state index in [9.17, 15) is 0 Å². The maximum atomic E-state index is 6.41. The van der Waals surface area contributed by atoms with Gasteiger partial charge >= 0.3 is 0 Å². The highest BCUT2D eigenvalue weighted by Crippen LogP contribution is 2.48. The van der Waals surface area contributed by atoms with Gasteiger partial charge in [-0.3, -0.25) is 4.99 Å². The topological polar surface area (TPSA) is 47.5 Å². The molecule has 0 bridgehead atoms. The van der Waals surface area contributed by atoms with Gasteiger partial charge in [0.25, 0.3) is 0 Å². The van der Waals surface area contributed by atoms with Crippen LogP contribution in [0.3, 0.4) is 0 Å². The first-order valence-corrected chi connectivity index (χ1v) is 14.9. The molecule has 1 aliphatic carbocycles. The number of aliphatic imine (C=N–C) groups is 1. The summed E-state index contributed by atoms with van der Waals surface area (Å²) in [4.78, 5) is 18.3. The lowest BCUT2D eigenvalue weighted by Crippen LogP contribution is -2.55. The van der Waals surface area contributed by atoms with Crippen molar-refractivity contribution in [2.45, 2.75) is 68.8 Å². The Labute approximate surface area is 228 Å². The first kappa shape index (κ1) is 27.0. The van der Waals surface area contributed by atoms with E-state index < -0.39 is 0 Å². The molecule has 2 aromatic rings. The first-order chi connectivity index (χ1) is 17.5. The maximum absolute atomic E-state index is 6.41. The molecule has 1 aromatic heterocycles. The van der Waals surface area contributed by atoms with Crippen LogP contribution in [0.25, 0.3) is 11.0 Å². The summed E-state index contributed by atoms with van der Waals surface area (Å²) in [5.41, 5.74) is 7.46. The molecule has 2 aliphatic heterocycles. The number of benzene rings is 1. The monoisotopic (exact) mass is 533 g/mol. The molecule has 2 atom stereocenters. The molecule has 3 fully saturated rings. The first-order valence-electron chi connectivity index (χ1n) is 13.7. The smallest absolute Gasteiger partial charge is 0.152 e. The molecule has 3 heterocycles. The summed E-state index contributed by atoms with van der Waals surface area (Å²) in [6.45, 7) is 16.8. The molecule has 0 amide bonds. The predicted octanol–water partition coefficient (Wildman–Crippen LogP) is 4.96. The Morgan fingerprint density at radius 3 is 2.35 bits per heavy atom. The van der Waals surface area contributed by atoms with Crippen LogP contribution in [-0.4, -0.2) is 72.2 Å². The molecular formula is C29H42BN5P2. The molecule has 2 radical (unpaired) electrons. The summed E-state index contributed by atoms with van der Waals surface area (Å²) >= 11 is 0. The SMILES string of the molecule is [B]C1(C)CN(C(=C)C2(c3ccc4[nH]c(C(=NC)C5CCC(P)CC5)nc4c3P)CCN(C(=C)C)CC2)C1. The highest BCUT2D eigenvalue weighted by atomic mass is 31.0. The van der Waals surface area contributed by atoms with Crippen molar-refractivity contribution in [2.24, 2.45) is 10.9 Å². The number of likely N-dealkylation sites (tertiary alicyclic amines) is 2. The van der Waals surface area contributed by atoms with Gasteiger partial charge < -0.3 is 14.8 Å². The van der Waals surface area contributed by atoms with Gasteiger partial charge in [-0.1, -0.05) is 26.1 Å². The van der Waals surface area contributed by atoms with Crippen molar-refractivity contribution in [3.8, 4) is 0 Å². The zero-order valence-corrected chi connectivity index (χ0v) is 25.1. The van der Waals surface area contributed by atoms with E-state index in [-0.39, 0.29) is 10.7 Å². The molecule has 5 nitrogen and oxygen atoms in total. The van der Waals surface area contributed by atoms with Gasteiger partial charge in [0, 0.05) is 61.3 Å². The van der Waals surface area contributed by atoms with E-state index in [0.29, 0.717) is 5.92 Å². The fourth-order valence-corrected chi connectivity index (χ4v) is 7.79. The molecule has 37 heavy (non-hydrogen) atoms. The van der Waals surface area contributed by atoms with Crippen molar-refractivity contribution >= 4 is 48.4 Å². The zero-order valence-electron chi connectivity index (χ0n) is 22.8. The summed E-state index contributed by atoms with van der Waals surface area (Å²) < 4.78 is 0. The largest absolute Gasteiger partial charge is 0.375 e. The second-order valence-corrected chi connectivity index (χ2v) is 13.5. The van der Waals surface area contributed by atoms with Gasteiger partial charge in [0.15, 0.2) is 5.82 Å². The molecule has 5 rings (SSSR count). The Hall–Kier alpha value is -1.64. The lowest BCUT2D eigenvalue weighted by molar-refractivity contribution is 0.118. The van der Waals surface area contributed by atoms with Gasteiger partial charge in [0.2, 0.25) is 0 Å². The number of rotatable bonds is 6. The number of aromatic nitrogens is 2. The van der Waals surface area contributed by atoms with Crippen molar-refractivity contribution in [3.05, 3.63) is 48.1 Å². The molecule has 8 heteroatoms. The van der Waals surface area contributed by atoms with Crippen molar-refractivity contribution in [1.82, 2.24) is 19.8 Å². The second kappa shape index (κ2) is 10.2. The average Bonchev–Trinajstić information content (AvgIpc) is 3.29. The van der Waals surface area contributed by atoms with Crippen molar-refractivity contribution in [3.63, 3.8) is 0 Å². The third kappa shape index (κ3) is 4.94. The number of nitrogens with zero attached hydrogens (tertiary/aromatic N) is 4. The van der Waals surface area contributed by atoms with Gasteiger partial charge in [-0.2, -0.15) is 0 Å². The Bertz CT molecular complexity index is 1220. The number of piperidine rings is 1. The van der Waals surface area contributed by atoms with Crippen LogP contribution in [-0.2, 0) is 5.41 Å². The Kier molecular flexibility index (Phi) is 7.40. The summed E-state index contributed by atoms with van der Waals surface area (Å²) in [7, 11) is 14.4. The summed E-state index contributed by atoms with van der Waals surface area (Å²) in [5, 5.41) is 1.03. The van der Waals surface area contributed by atoms with E-state index in [1.165, 1.54) is 42.2 Å². The van der Waals surface area contributed by atoms with Crippen LogP contribution in [0.1, 0.15) is 63.8 Å². The van der Waals surface area contributed by atoms with E-state index in [1.807, 2.05) is 7.05 Å². The summed E-state index contributed by atoms with van der Waals surface area (Å²) in [6.07, 6.45) is 6.82. The van der Waals surface area contributed by atoms with Crippen molar-refractivity contribution in [2.75, 3.05) is 33.2 Å². The Balaban J connectivity index is 1.51. The van der Waals surface area contributed by atoms with Gasteiger partial charge in [-0.05, 0) is 68.1 Å². The van der Waals surface area contributed by atoms with Crippen LogP contribution in [0, 0.1) is 5.92 Å². The zero-order chi connectivity index (χ0) is 26.5. The number of H-pyrrole nitrogens is 1. The number of aromatic amines is 1. The quantitative estimate of drug-likeness (QED) is 0.325. The lowest BCUT2D eigenvalue weighted by Gasteiger charge is -2.55. The molecular weight excluding hydrogens is 491 g/mol. The normalized spacial score (nSPS) is 25.7. The highest BCUT2D eigenvalue weighted by molar-refractivity contribution is 7.28. The van der Waals surface area contributed by atoms with Crippen LogP contribution in [0.4, 0.5) is 0 Å². The van der Waals surface area contributed by atoms with E-state index in [2.05, 4.69) is 65.8 Å². The van der Waals surface area contributed by atoms with E-state index >= 15 is 0 Å². The number of hydrogen-bond donors (Lipinski definition) is 1. The minimum atomic E-state index is -0.147. The number of nitrogens with one attached hydrogen (secondary N) is 1. The number of allylic oxidation sites excluding steroid dienone is 2. The second-order valence-electron chi connectivity index (χ2n) is 12.0. The predicted molar refractivity (Wildman–Crippen MR) is 165 cm³/mol. The molecule has 2 saturated heterocycles. The summed E-state index contributed by atoms with van der Waals surface area (Å²) in [5.74, 6) is 1.40. The molecule has 3 aliphatic rings. The van der Waals surface area contributed by atoms with Gasteiger partial charge in [-0.25, -0.2) is 4.98 Å². The summed E-state index contributed by atoms with van der Waals surface area (Å²) in [6, 6.07) is 4.52. The molecule has 1 aromatic carbocycles. The number of hydrogen-bond acceptors (Lipinski definition) is 4. The molecule has 1 N–H and O–H groups in total. The van der Waals surface area contributed by atoms with Crippen LogP contribution >= 0.6 is 18.5 Å². The van der Waals surface area contributed by atoms with Gasteiger partial charge in [0.05, 0.1) is 24.6 Å². The third-order valence-corrected chi connectivity index (χ3v) is 10.3. The molecule has 0 spiro atoms. The van der Waals surface area contributed by atoms with Gasteiger partial charge in [0.1, 0.15) is 0 Å². The lowest BCUT2D eigenvalue weighted by atomic mass is 9.62. The van der Waals surface area contributed by atoms with Crippen molar-refractivity contribution < 1.29 is 0 Å². The number of fused-ring (bicyclic) bond motifs is 1. The highest BCUT2D eigenvalue weighted by Gasteiger charge is 2.46. The standard InChI is InChI=1S/C29H42BN5P2/c1-18(2)34-14-12-29(13-15-34,19(3)35-16-28(4,30)17-35)22-10-11-23-25(26(22)37)33-27(32-23)24(31-5)20-6-8-21(36)9-7-20/h10-11,20-21H,1,3,6-9,12-17,36-37H2,2,4-5H3,(H,32,33). The minimum Gasteiger partial charge on any atom is -0.375 e. The van der Waals surface area contributed by atoms with Crippen molar-refractivity contribution in [1.29, 1.82) is 0 Å². The Morgan fingerprint density at radius 1 is 1.14 bits per heavy atom. The average molecular weight is 533 g/mol. The van der Waals surface area contributed by atoms with Gasteiger partial charge in [-0.15, -0.1) is 18.5 Å². The molecule has 1 saturated carbocycles. The van der Waals surface area contributed by atoms with Crippen LogP contribution in [0.2, 0.25) is 5.31 Å².